The van der Waals surface area contributed by atoms with Crippen molar-refractivity contribution in [3.8, 4) is 0 Å². The molecule has 5 rings (SSSR count). The third-order valence-electron chi connectivity index (χ3n) is 6.50. The van der Waals surface area contributed by atoms with E-state index in [0.717, 1.165) is 0 Å². The van der Waals surface area contributed by atoms with Crippen LogP contribution in [0, 0.1) is 23.7 Å². The summed E-state index contributed by atoms with van der Waals surface area (Å²) in [5.74, 6) is 4.72. The highest BCUT2D eigenvalue weighted by Gasteiger charge is 2.44. The Morgan fingerprint density at radius 3 is 1.27 bits per heavy atom. The Kier molecular flexibility index (Phi) is 4.19. The van der Waals surface area contributed by atoms with E-state index < -0.39 is 0 Å². The molecule has 2 unspecified atom stereocenters. The summed E-state index contributed by atoms with van der Waals surface area (Å²) in [7, 11) is 0. The van der Waals surface area contributed by atoms with Crippen molar-refractivity contribution in [1.82, 2.24) is 0 Å². The van der Waals surface area contributed by atoms with Crippen LogP contribution in [-0.4, -0.2) is 0 Å². The van der Waals surface area contributed by atoms with Gasteiger partial charge >= 0.3 is 0 Å². The first-order valence-electron chi connectivity index (χ1n) is 9.35. The van der Waals surface area contributed by atoms with E-state index in [1.165, 1.54) is 34.4 Å². The third-order valence-corrected chi connectivity index (χ3v) is 6.50. The molecule has 0 radical (unpaired) electrons. The molecule has 2 aromatic carbocycles. The van der Waals surface area contributed by atoms with Crippen molar-refractivity contribution in [2.24, 2.45) is 23.7 Å². The summed E-state index contributed by atoms with van der Waals surface area (Å²) in [5, 5.41) is 2.62. The zero-order valence-electron chi connectivity index (χ0n) is 13.6. The molecule has 3 aliphatic rings. The van der Waals surface area contributed by atoms with Crippen LogP contribution in [0.1, 0.15) is 51.4 Å². The molecule has 2 atom stereocenters. The summed E-state index contributed by atoms with van der Waals surface area (Å²) in [4.78, 5) is 0. The molecule has 0 aliphatic heterocycles. The van der Waals surface area contributed by atoms with Gasteiger partial charge in [-0.1, -0.05) is 87.1 Å². The topological polar surface area (TPSA) is 0 Å². The van der Waals surface area contributed by atoms with E-state index in [2.05, 4.69) is 48.5 Å². The highest BCUT2D eigenvalue weighted by molar-refractivity contribution is 5.81. The molecule has 0 saturated heterocycles. The molecular weight excluding hydrogens is 264 g/mol. The second-order valence-corrected chi connectivity index (χ2v) is 7.64. The average molecular weight is 292 g/mol. The summed E-state index contributed by atoms with van der Waals surface area (Å²) in [6.45, 7) is 0. The van der Waals surface area contributed by atoms with E-state index in [9.17, 15) is 0 Å². The van der Waals surface area contributed by atoms with Gasteiger partial charge in [0.15, 0.2) is 0 Å². The van der Waals surface area contributed by atoms with E-state index in [-0.39, 0.29) is 0 Å². The third kappa shape index (κ3) is 2.81. The fraction of sp³-hybridized carbons (Fsp3) is 0.545. The Balaban J connectivity index is 0.000000116. The second kappa shape index (κ2) is 6.44. The molecule has 0 spiro atoms. The quantitative estimate of drug-likeness (QED) is 0.523. The molecule has 116 valence electrons. The van der Waals surface area contributed by atoms with Gasteiger partial charge in [0.1, 0.15) is 0 Å². The maximum absolute atomic E-state index is 2.12. The minimum atomic E-state index is 1.17. The molecule has 3 fully saturated rings. The van der Waals surface area contributed by atoms with Gasteiger partial charge in [-0.15, -0.1) is 0 Å². The molecule has 0 nitrogen and oxygen atoms in total. The van der Waals surface area contributed by atoms with Crippen molar-refractivity contribution >= 4 is 10.8 Å². The Morgan fingerprint density at radius 2 is 0.864 bits per heavy atom. The summed E-state index contributed by atoms with van der Waals surface area (Å²) in [5.41, 5.74) is 0. The van der Waals surface area contributed by atoms with Gasteiger partial charge in [-0.25, -0.2) is 0 Å². The lowest BCUT2D eigenvalue weighted by molar-refractivity contribution is 0.0951. The van der Waals surface area contributed by atoms with Gasteiger partial charge in [0.05, 0.1) is 0 Å². The lowest BCUT2D eigenvalue weighted by Gasteiger charge is -2.40. The molecule has 0 aromatic heterocycles. The fourth-order valence-electron chi connectivity index (χ4n) is 5.59. The van der Waals surface area contributed by atoms with Crippen molar-refractivity contribution in [1.29, 1.82) is 0 Å². The van der Waals surface area contributed by atoms with Gasteiger partial charge in [-0.2, -0.15) is 0 Å². The van der Waals surface area contributed by atoms with Crippen LogP contribution in [-0.2, 0) is 0 Å². The first-order chi connectivity index (χ1) is 10.9. The number of fused-ring (bicyclic) bond motifs is 1. The lowest BCUT2D eigenvalue weighted by Crippen LogP contribution is -2.31. The molecule has 0 heteroatoms. The van der Waals surface area contributed by atoms with Crippen molar-refractivity contribution in [2.45, 2.75) is 51.4 Å². The van der Waals surface area contributed by atoms with E-state index >= 15 is 0 Å². The Morgan fingerprint density at radius 1 is 0.500 bits per heavy atom. The maximum atomic E-state index is 2.12. The molecular formula is C22H28. The first kappa shape index (κ1) is 14.3. The highest BCUT2D eigenvalue weighted by Crippen LogP contribution is 2.54. The molecule has 0 N–H and O–H groups in total. The van der Waals surface area contributed by atoms with Gasteiger partial charge in [-0.05, 0) is 47.3 Å². The van der Waals surface area contributed by atoms with E-state index in [1.54, 1.807) is 51.4 Å². The Bertz CT molecular complexity index is 531. The van der Waals surface area contributed by atoms with E-state index in [1.807, 2.05) is 0 Å². The Labute approximate surface area is 134 Å². The predicted octanol–water partition coefficient (Wildman–Crippen LogP) is 6.45. The van der Waals surface area contributed by atoms with Crippen LogP contribution < -0.4 is 0 Å². The smallest absolute Gasteiger partial charge is 0.0184 e. The fourth-order valence-corrected chi connectivity index (χ4v) is 5.59. The minimum Gasteiger partial charge on any atom is -0.0616 e. The van der Waals surface area contributed by atoms with E-state index in [0.29, 0.717) is 0 Å². The molecule has 0 amide bonds. The maximum Gasteiger partial charge on any atom is -0.0184 e. The van der Waals surface area contributed by atoms with Crippen LogP contribution in [0.25, 0.3) is 10.8 Å². The van der Waals surface area contributed by atoms with Crippen LogP contribution >= 0.6 is 0 Å². The van der Waals surface area contributed by atoms with Gasteiger partial charge in [0, 0.05) is 0 Å². The summed E-state index contributed by atoms with van der Waals surface area (Å²) in [6, 6.07) is 16.7. The number of benzene rings is 2. The monoisotopic (exact) mass is 292 g/mol. The lowest BCUT2D eigenvalue weighted by atomic mass is 9.65. The number of rotatable bonds is 0. The summed E-state index contributed by atoms with van der Waals surface area (Å²) in [6.07, 6.45) is 12.6. The molecule has 2 aromatic rings. The first-order valence-corrected chi connectivity index (χ1v) is 9.35. The normalized spacial score (nSPS) is 32.9. The van der Waals surface area contributed by atoms with Gasteiger partial charge in [-0.3, -0.25) is 0 Å². The minimum absolute atomic E-state index is 1.17. The van der Waals surface area contributed by atoms with E-state index in [4.69, 9.17) is 0 Å². The van der Waals surface area contributed by atoms with Crippen LogP contribution in [0.5, 0.6) is 0 Å². The number of hydrogen-bond donors (Lipinski definition) is 0. The largest absolute Gasteiger partial charge is 0.0616 e. The van der Waals surface area contributed by atoms with Crippen LogP contribution in [0.15, 0.2) is 48.5 Å². The van der Waals surface area contributed by atoms with Crippen LogP contribution in [0.3, 0.4) is 0 Å². The van der Waals surface area contributed by atoms with Crippen molar-refractivity contribution in [3.63, 3.8) is 0 Å². The average Bonchev–Trinajstić information content (AvgIpc) is 3.02. The summed E-state index contributed by atoms with van der Waals surface area (Å²) < 4.78 is 0. The SMILES string of the molecule is C1CC2CCCC3CCC(C1)C23.c1ccc2ccccc2c1. The zero-order chi connectivity index (χ0) is 14.8. The van der Waals surface area contributed by atoms with Crippen LogP contribution in [0.4, 0.5) is 0 Å². The zero-order valence-corrected chi connectivity index (χ0v) is 13.6. The molecule has 3 saturated carbocycles. The van der Waals surface area contributed by atoms with Gasteiger partial charge in [0.25, 0.3) is 0 Å². The van der Waals surface area contributed by atoms with Crippen LogP contribution in [0.2, 0.25) is 0 Å². The van der Waals surface area contributed by atoms with Gasteiger partial charge in [0.2, 0.25) is 0 Å². The van der Waals surface area contributed by atoms with Gasteiger partial charge < -0.3 is 0 Å². The predicted molar refractivity (Wildman–Crippen MR) is 94.8 cm³/mol. The summed E-state index contributed by atoms with van der Waals surface area (Å²) >= 11 is 0. The standard InChI is InChI=1S/C12H20.C10H8/c1-3-9-4-2-6-11-8-7-10(5-1)12(9)11;1-2-6-10-8-4-3-7-9(10)5-1/h9-12H,1-8H2;1-8H. The highest BCUT2D eigenvalue weighted by atomic mass is 14.5. The van der Waals surface area contributed by atoms with Crippen molar-refractivity contribution < 1.29 is 0 Å². The van der Waals surface area contributed by atoms with Crippen molar-refractivity contribution in [3.05, 3.63) is 48.5 Å². The molecule has 22 heavy (non-hydrogen) atoms. The molecule has 3 aliphatic carbocycles. The molecule has 0 heterocycles. The molecule has 0 bridgehead atoms. The number of hydrogen-bond acceptors (Lipinski definition) is 0. The van der Waals surface area contributed by atoms with Crippen molar-refractivity contribution in [2.75, 3.05) is 0 Å². The Hall–Kier alpha value is -1.30. The second-order valence-electron chi connectivity index (χ2n) is 7.64.